The van der Waals surface area contributed by atoms with Crippen LogP contribution < -0.4 is 14.8 Å². The lowest BCUT2D eigenvalue weighted by Gasteiger charge is -2.15. The number of aryl methyl sites for hydroxylation is 1. The molecule has 0 saturated carbocycles. The highest BCUT2D eigenvalue weighted by atomic mass is 35.5. The number of carbonyl (C=O) groups is 1. The number of hydrogen-bond donors (Lipinski definition) is 1. The van der Waals surface area contributed by atoms with Gasteiger partial charge in [0.05, 0.1) is 23.1 Å². The molecule has 0 saturated heterocycles. The SMILES string of the molecule is CCOc1ccccc1NC(=O)CSc1nnc(C(C)Oc2cc(C)ccc2Cl)n1C. The van der Waals surface area contributed by atoms with E-state index in [1.165, 1.54) is 11.8 Å². The molecule has 1 unspecified atom stereocenters. The van der Waals surface area contributed by atoms with Gasteiger partial charge in [-0.25, -0.2) is 0 Å². The van der Waals surface area contributed by atoms with Crippen LogP contribution in [-0.4, -0.2) is 33.0 Å². The van der Waals surface area contributed by atoms with Gasteiger partial charge in [-0.05, 0) is 50.6 Å². The van der Waals surface area contributed by atoms with E-state index < -0.39 is 0 Å². The van der Waals surface area contributed by atoms with Crippen LogP contribution in [0.1, 0.15) is 31.3 Å². The van der Waals surface area contributed by atoms with E-state index >= 15 is 0 Å². The predicted molar refractivity (Wildman–Crippen MR) is 123 cm³/mol. The minimum Gasteiger partial charge on any atom is -0.492 e. The topological polar surface area (TPSA) is 78.3 Å². The Morgan fingerprint density at radius 1 is 1.23 bits per heavy atom. The number of amides is 1. The lowest BCUT2D eigenvalue weighted by Crippen LogP contribution is -2.15. The van der Waals surface area contributed by atoms with Crippen molar-refractivity contribution in [2.75, 3.05) is 17.7 Å². The molecule has 0 aliphatic carbocycles. The van der Waals surface area contributed by atoms with Crippen LogP contribution in [0.25, 0.3) is 0 Å². The molecule has 1 atom stereocenters. The Bertz CT molecular complexity index is 1060. The van der Waals surface area contributed by atoms with E-state index in [9.17, 15) is 4.79 Å². The van der Waals surface area contributed by atoms with E-state index in [-0.39, 0.29) is 17.8 Å². The number of aromatic nitrogens is 3. The summed E-state index contributed by atoms with van der Waals surface area (Å²) in [6, 6.07) is 13.0. The molecule has 31 heavy (non-hydrogen) atoms. The molecule has 0 fully saturated rings. The fraction of sp³-hybridized carbons (Fsp3) is 0.318. The van der Waals surface area contributed by atoms with Gasteiger partial charge in [0.15, 0.2) is 17.1 Å². The summed E-state index contributed by atoms with van der Waals surface area (Å²) in [6.45, 7) is 6.28. The maximum absolute atomic E-state index is 12.4. The Labute approximate surface area is 191 Å². The van der Waals surface area contributed by atoms with Crippen LogP contribution in [0, 0.1) is 6.92 Å². The van der Waals surface area contributed by atoms with Crippen LogP contribution in [0.3, 0.4) is 0 Å². The number of halogens is 1. The average molecular weight is 461 g/mol. The summed E-state index contributed by atoms with van der Waals surface area (Å²) in [5, 5.41) is 12.5. The summed E-state index contributed by atoms with van der Waals surface area (Å²) >= 11 is 7.53. The van der Waals surface area contributed by atoms with E-state index in [0.29, 0.717) is 39.8 Å². The molecule has 3 aromatic rings. The number of rotatable bonds is 9. The zero-order chi connectivity index (χ0) is 22.4. The molecule has 0 aliphatic rings. The molecule has 1 N–H and O–H groups in total. The summed E-state index contributed by atoms with van der Waals surface area (Å²) in [4.78, 5) is 12.4. The first-order valence-corrected chi connectivity index (χ1v) is 11.2. The number of ether oxygens (including phenoxy) is 2. The summed E-state index contributed by atoms with van der Waals surface area (Å²) in [5.74, 6) is 1.91. The number of thioether (sulfide) groups is 1. The van der Waals surface area contributed by atoms with E-state index in [1.807, 2.05) is 68.8 Å². The highest BCUT2D eigenvalue weighted by Gasteiger charge is 2.19. The Hall–Kier alpha value is -2.71. The van der Waals surface area contributed by atoms with Crippen LogP contribution in [0.2, 0.25) is 5.02 Å². The third-order valence-electron chi connectivity index (χ3n) is 4.42. The molecule has 1 amide bonds. The van der Waals surface area contributed by atoms with Crippen molar-refractivity contribution < 1.29 is 14.3 Å². The third kappa shape index (κ3) is 5.92. The normalized spacial score (nSPS) is 11.8. The molecule has 3 rings (SSSR count). The standard InChI is InChI=1S/C22H25ClN4O3S/c1-5-29-18-9-7-6-8-17(18)24-20(28)13-31-22-26-25-21(27(22)4)15(3)30-19-12-14(2)10-11-16(19)23/h6-12,15H,5,13H2,1-4H3,(H,24,28). The molecule has 7 nitrogen and oxygen atoms in total. The average Bonchev–Trinajstić information content (AvgIpc) is 3.11. The van der Waals surface area contributed by atoms with E-state index in [4.69, 9.17) is 21.1 Å². The summed E-state index contributed by atoms with van der Waals surface area (Å²) < 4.78 is 13.4. The Morgan fingerprint density at radius 2 is 2.00 bits per heavy atom. The summed E-state index contributed by atoms with van der Waals surface area (Å²) in [6.07, 6.45) is -0.363. The number of para-hydroxylation sites is 2. The first-order valence-electron chi connectivity index (χ1n) is 9.85. The van der Waals surface area contributed by atoms with Gasteiger partial charge in [-0.1, -0.05) is 41.6 Å². The minimum absolute atomic E-state index is 0.155. The fourth-order valence-corrected chi connectivity index (χ4v) is 3.80. The number of anilines is 1. The number of hydrogen-bond acceptors (Lipinski definition) is 6. The molecular formula is C22H25ClN4O3S. The van der Waals surface area contributed by atoms with Crippen LogP contribution in [-0.2, 0) is 11.8 Å². The van der Waals surface area contributed by atoms with Gasteiger partial charge >= 0.3 is 0 Å². The Kier molecular flexibility index (Phi) is 7.81. The smallest absolute Gasteiger partial charge is 0.234 e. The van der Waals surface area contributed by atoms with Crippen molar-refractivity contribution in [3.05, 3.63) is 58.9 Å². The third-order valence-corrected chi connectivity index (χ3v) is 5.75. The molecule has 0 bridgehead atoms. The maximum atomic E-state index is 12.4. The van der Waals surface area contributed by atoms with Gasteiger partial charge in [0, 0.05) is 7.05 Å². The predicted octanol–water partition coefficient (Wildman–Crippen LogP) is 5.05. The van der Waals surface area contributed by atoms with Crippen LogP contribution in [0.5, 0.6) is 11.5 Å². The van der Waals surface area contributed by atoms with Gasteiger partial charge in [0.25, 0.3) is 0 Å². The fourth-order valence-electron chi connectivity index (χ4n) is 2.92. The van der Waals surface area contributed by atoms with Crippen LogP contribution >= 0.6 is 23.4 Å². The van der Waals surface area contributed by atoms with Crippen LogP contribution in [0.15, 0.2) is 47.6 Å². The van der Waals surface area contributed by atoms with Crippen molar-refractivity contribution in [3.8, 4) is 11.5 Å². The van der Waals surface area contributed by atoms with Gasteiger partial charge in [-0.3, -0.25) is 4.79 Å². The zero-order valence-electron chi connectivity index (χ0n) is 17.9. The van der Waals surface area contributed by atoms with Crippen molar-refractivity contribution in [3.63, 3.8) is 0 Å². The van der Waals surface area contributed by atoms with Gasteiger partial charge in [0.2, 0.25) is 5.91 Å². The molecule has 1 aromatic heterocycles. The number of nitrogens with one attached hydrogen (secondary N) is 1. The summed E-state index contributed by atoms with van der Waals surface area (Å²) in [5.41, 5.74) is 1.70. The van der Waals surface area contributed by atoms with E-state index in [2.05, 4.69) is 15.5 Å². The van der Waals surface area contributed by atoms with Crippen molar-refractivity contribution in [1.82, 2.24) is 14.8 Å². The second kappa shape index (κ2) is 10.5. The van der Waals surface area contributed by atoms with Crippen molar-refractivity contribution >= 4 is 35.0 Å². The van der Waals surface area contributed by atoms with E-state index in [0.717, 1.165) is 5.56 Å². The zero-order valence-corrected chi connectivity index (χ0v) is 19.5. The van der Waals surface area contributed by atoms with Gasteiger partial charge < -0.3 is 19.4 Å². The number of benzene rings is 2. The number of carbonyl (C=O) groups excluding carboxylic acids is 1. The monoisotopic (exact) mass is 460 g/mol. The lowest BCUT2D eigenvalue weighted by atomic mass is 10.2. The lowest BCUT2D eigenvalue weighted by molar-refractivity contribution is -0.113. The molecule has 9 heteroatoms. The molecule has 0 aliphatic heterocycles. The minimum atomic E-state index is -0.363. The number of nitrogens with zero attached hydrogens (tertiary/aromatic N) is 3. The molecule has 1 heterocycles. The molecule has 0 radical (unpaired) electrons. The van der Waals surface area contributed by atoms with Crippen LogP contribution in [0.4, 0.5) is 5.69 Å². The first-order chi connectivity index (χ1) is 14.9. The molecular weight excluding hydrogens is 436 g/mol. The van der Waals surface area contributed by atoms with E-state index in [1.54, 1.807) is 6.07 Å². The summed E-state index contributed by atoms with van der Waals surface area (Å²) in [7, 11) is 1.84. The Balaban J connectivity index is 1.61. The second-order valence-electron chi connectivity index (χ2n) is 6.86. The second-order valence-corrected chi connectivity index (χ2v) is 8.21. The highest BCUT2D eigenvalue weighted by Crippen LogP contribution is 2.30. The maximum Gasteiger partial charge on any atom is 0.234 e. The Morgan fingerprint density at radius 3 is 2.77 bits per heavy atom. The van der Waals surface area contributed by atoms with Crippen molar-refractivity contribution in [2.24, 2.45) is 7.05 Å². The van der Waals surface area contributed by atoms with Crippen molar-refractivity contribution in [1.29, 1.82) is 0 Å². The molecule has 2 aromatic carbocycles. The van der Waals surface area contributed by atoms with Crippen molar-refractivity contribution in [2.45, 2.75) is 32.0 Å². The highest BCUT2D eigenvalue weighted by molar-refractivity contribution is 7.99. The largest absolute Gasteiger partial charge is 0.492 e. The quantitative estimate of drug-likeness (QED) is 0.450. The first kappa shape index (κ1) is 23.0. The molecule has 164 valence electrons. The van der Waals surface area contributed by atoms with Gasteiger partial charge in [-0.15, -0.1) is 10.2 Å². The molecule has 0 spiro atoms. The van der Waals surface area contributed by atoms with Gasteiger partial charge in [0.1, 0.15) is 11.5 Å². The van der Waals surface area contributed by atoms with Gasteiger partial charge in [-0.2, -0.15) is 0 Å².